The van der Waals surface area contributed by atoms with Crippen molar-refractivity contribution in [2.75, 3.05) is 18.6 Å². The predicted octanol–water partition coefficient (Wildman–Crippen LogP) is 3.87. The van der Waals surface area contributed by atoms with Crippen molar-refractivity contribution in [1.82, 2.24) is 14.3 Å². The van der Waals surface area contributed by atoms with Crippen LogP contribution >= 0.6 is 0 Å². The normalized spacial score (nSPS) is 18.7. The molecule has 0 radical (unpaired) electrons. The van der Waals surface area contributed by atoms with Crippen LogP contribution in [0.5, 0.6) is 5.75 Å². The molecule has 5 rings (SSSR count). The van der Waals surface area contributed by atoms with Crippen LogP contribution in [0.15, 0.2) is 35.3 Å². The van der Waals surface area contributed by atoms with Crippen LogP contribution < -0.4 is 10.2 Å². The standard InChI is InChI=1S/C26H31N3O5S/c1-16(30)18-12-28-19(11-20(18)31)24-17-7-6-8-21(34-14-26(9-10-26)15-35(5,32)33)23(17)27-29(24)13-22(28)25(2,3)4/h6-8,11-12,22H,9-10,13-15H2,1-5H3. The second-order valence-corrected chi connectivity index (χ2v) is 13.5. The van der Waals surface area contributed by atoms with Crippen molar-refractivity contribution >= 4 is 26.5 Å². The Labute approximate surface area is 204 Å². The molecule has 8 nitrogen and oxygen atoms in total. The molecule has 3 aromatic rings. The van der Waals surface area contributed by atoms with Gasteiger partial charge in [-0.2, -0.15) is 5.10 Å². The topological polar surface area (TPSA) is 100 Å². The van der Waals surface area contributed by atoms with Gasteiger partial charge in [-0.05, 0) is 31.2 Å². The van der Waals surface area contributed by atoms with E-state index in [1.165, 1.54) is 13.2 Å². The first-order valence-corrected chi connectivity index (χ1v) is 13.9. The van der Waals surface area contributed by atoms with Gasteiger partial charge >= 0.3 is 0 Å². The zero-order valence-corrected chi connectivity index (χ0v) is 21.6. The molecule has 1 aromatic carbocycles. The molecule has 1 aliphatic heterocycles. The molecule has 1 saturated carbocycles. The van der Waals surface area contributed by atoms with E-state index in [9.17, 15) is 18.0 Å². The third kappa shape index (κ3) is 4.30. The van der Waals surface area contributed by atoms with Gasteiger partial charge in [-0.3, -0.25) is 14.3 Å². The highest BCUT2D eigenvalue weighted by molar-refractivity contribution is 7.90. The number of fused-ring (bicyclic) bond motifs is 5. The second kappa shape index (κ2) is 7.78. The summed E-state index contributed by atoms with van der Waals surface area (Å²) in [5.41, 5.74) is 1.62. The van der Waals surface area contributed by atoms with E-state index in [2.05, 4.69) is 20.8 Å². The average molecular weight is 498 g/mol. The molecule has 0 spiro atoms. The Kier molecular flexibility index (Phi) is 5.29. The van der Waals surface area contributed by atoms with Crippen molar-refractivity contribution in [2.45, 2.75) is 53.1 Å². The monoisotopic (exact) mass is 497 g/mol. The zero-order chi connectivity index (χ0) is 25.3. The van der Waals surface area contributed by atoms with Gasteiger partial charge in [-0.25, -0.2) is 8.42 Å². The molecule has 0 amide bonds. The number of Topliss-reactive ketones (excluding diaryl/α,β-unsaturated/α-hetero) is 1. The number of carbonyl (C=O) groups is 1. The molecule has 1 fully saturated rings. The Morgan fingerprint density at radius 2 is 1.97 bits per heavy atom. The molecule has 2 aliphatic rings. The smallest absolute Gasteiger partial charge is 0.193 e. The number of hydrogen-bond acceptors (Lipinski definition) is 6. The summed E-state index contributed by atoms with van der Waals surface area (Å²) >= 11 is 0. The molecular weight excluding hydrogens is 466 g/mol. The van der Waals surface area contributed by atoms with Crippen molar-refractivity contribution in [3.63, 3.8) is 0 Å². The van der Waals surface area contributed by atoms with E-state index in [1.54, 1.807) is 12.3 Å². The Morgan fingerprint density at radius 1 is 1.26 bits per heavy atom. The lowest BCUT2D eigenvalue weighted by atomic mass is 9.84. The molecule has 9 heteroatoms. The van der Waals surface area contributed by atoms with Gasteiger partial charge in [-0.1, -0.05) is 32.9 Å². The first-order chi connectivity index (χ1) is 16.3. The van der Waals surface area contributed by atoms with E-state index >= 15 is 0 Å². The maximum atomic E-state index is 12.8. The van der Waals surface area contributed by atoms with Crippen molar-refractivity contribution < 1.29 is 17.9 Å². The Morgan fingerprint density at radius 3 is 2.57 bits per heavy atom. The number of pyridine rings is 1. The summed E-state index contributed by atoms with van der Waals surface area (Å²) in [6.07, 6.45) is 4.62. The van der Waals surface area contributed by atoms with Crippen molar-refractivity contribution in [2.24, 2.45) is 10.8 Å². The van der Waals surface area contributed by atoms with Crippen LogP contribution in [0.1, 0.15) is 56.9 Å². The Hall–Kier alpha value is -2.94. The molecular formula is C26H31N3O5S. The minimum atomic E-state index is -3.09. The number of benzene rings is 1. The third-order valence-electron chi connectivity index (χ3n) is 7.18. The van der Waals surface area contributed by atoms with E-state index in [0.717, 1.165) is 29.6 Å². The van der Waals surface area contributed by atoms with E-state index in [4.69, 9.17) is 9.84 Å². The van der Waals surface area contributed by atoms with Crippen molar-refractivity contribution in [3.05, 3.63) is 46.2 Å². The molecule has 35 heavy (non-hydrogen) atoms. The van der Waals surface area contributed by atoms with E-state index < -0.39 is 9.84 Å². The van der Waals surface area contributed by atoms with Crippen molar-refractivity contribution in [1.29, 1.82) is 0 Å². The van der Waals surface area contributed by atoms with Gasteiger partial charge in [0, 0.05) is 29.3 Å². The minimum absolute atomic E-state index is 0.0214. The number of hydrogen-bond donors (Lipinski definition) is 0. The van der Waals surface area contributed by atoms with Gasteiger partial charge in [0.15, 0.2) is 11.2 Å². The first-order valence-electron chi connectivity index (χ1n) is 11.9. The fourth-order valence-electron chi connectivity index (χ4n) is 5.14. The van der Waals surface area contributed by atoms with Crippen molar-refractivity contribution in [3.8, 4) is 17.1 Å². The van der Waals surface area contributed by atoms with Crippen LogP contribution in [-0.4, -0.2) is 47.2 Å². The predicted molar refractivity (Wildman–Crippen MR) is 135 cm³/mol. The molecule has 186 valence electrons. The van der Waals surface area contributed by atoms with E-state index in [-0.39, 0.29) is 39.4 Å². The molecule has 0 N–H and O–H groups in total. The van der Waals surface area contributed by atoms with Gasteiger partial charge in [-0.15, -0.1) is 0 Å². The van der Waals surface area contributed by atoms with Gasteiger partial charge in [0.05, 0.1) is 41.9 Å². The number of sulfone groups is 1. The Balaban J connectivity index is 1.61. The first kappa shape index (κ1) is 23.8. The number of ether oxygens (including phenoxy) is 1. The maximum Gasteiger partial charge on any atom is 0.193 e. The third-order valence-corrected chi connectivity index (χ3v) is 8.31. The maximum absolute atomic E-state index is 12.8. The number of carbonyl (C=O) groups excluding carboxylic acids is 1. The van der Waals surface area contributed by atoms with Crippen LogP contribution in [0.4, 0.5) is 0 Å². The molecule has 1 unspecified atom stereocenters. The van der Waals surface area contributed by atoms with E-state index in [1.807, 2.05) is 27.4 Å². The average Bonchev–Trinajstić information content (AvgIpc) is 3.37. The van der Waals surface area contributed by atoms with Crippen LogP contribution in [0, 0.1) is 10.8 Å². The van der Waals surface area contributed by atoms with Gasteiger partial charge < -0.3 is 9.30 Å². The molecule has 0 saturated heterocycles. The van der Waals surface area contributed by atoms with Crippen LogP contribution in [-0.2, 0) is 16.4 Å². The minimum Gasteiger partial charge on any atom is -0.491 e. The summed E-state index contributed by atoms with van der Waals surface area (Å²) in [4.78, 5) is 24.9. The largest absolute Gasteiger partial charge is 0.491 e. The molecule has 0 bridgehead atoms. The molecule has 3 heterocycles. The van der Waals surface area contributed by atoms with Crippen LogP contribution in [0.25, 0.3) is 22.3 Å². The highest BCUT2D eigenvalue weighted by Gasteiger charge is 2.46. The summed E-state index contributed by atoms with van der Waals surface area (Å²) in [6.45, 7) is 8.71. The fraction of sp³-hybridized carbons (Fsp3) is 0.500. The lowest BCUT2D eigenvalue weighted by molar-refractivity contribution is 0.101. The summed E-state index contributed by atoms with van der Waals surface area (Å²) in [5, 5.41) is 5.74. The fourth-order valence-corrected chi connectivity index (χ4v) is 6.63. The Bertz CT molecular complexity index is 1520. The highest BCUT2D eigenvalue weighted by Crippen LogP contribution is 2.48. The molecule has 2 aromatic heterocycles. The number of rotatable bonds is 6. The van der Waals surface area contributed by atoms with Gasteiger partial charge in [0.1, 0.15) is 21.1 Å². The lowest BCUT2D eigenvalue weighted by Crippen LogP contribution is -2.35. The highest BCUT2D eigenvalue weighted by atomic mass is 32.2. The van der Waals surface area contributed by atoms with Gasteiger partial charge in [0.2, 0.25) is 0 Å². The zero-order valence-electron chi connectivity index (χ0n) is 20.8. The summed E-state index contributed by atoms with van der Waals surface area (Å²) in [7, 11) is -3.09. The quantitative estimate of drug-likeness (QED) is 0.479. The SMILES string of the molecule is CC(=O)c1cn2c(cc1=O)-c1c3cccc(OCC4(CS(C)(=O)=O)CC4)c3nn1CC2C(C)(C)C. The summed E-state index contributed by atoms with van der Waals surface area (Å²) in [5.74, 6) is 0.476. The molecule has 1 aliphatic carbocycles. The molecule has 1 atom stereocenters. The summed E-state index contributed by atoms with van der Waals surface area (Å²) < 4.78 is 33.8. The lowest BCUT2D eigenvalue weighted by Gasteiger charge is -2.38. The number of aromatic nitrogens is 3. The number of nitrogens with zero attached hydrogens (tertiary/aromatic N) is 3. The van der Waals surface area contributed by atoms with Crippen LogP contribution in [0.3, 0.4) is 0 Å². The van der Waals surface area contributed by atoms with E-state index in [0.29, 0.717) is 24.4 Å². The van der Waals surface area contributed by atoms with Gasteiger partial charge in [0.25, 0.3) is 0 Å². The number of ketones is 1. The van der Waals surface area contributed by atoms with Crippen LogP contribution in [0.2, 0.25) is 0 Å². The second-order valence-electron chi connectivity index (χ2n) is 11.3. The summed E-state index contributed by atoms with van der Waals surface area (Å²) in [6, 6.07) is 7.21.